The number of hydrogen-bond acceptors (Lipinski definition) is 3. The number of carbonyl (C=O) groups excluding carboxylic acids is 1. The van der Waals surface area contributed by atoms with Gasteiger partial charge in [-0.15, -0.1) is 0 Å². The van der Waals surface area contributed by atoms with Crippen molar-refractivity contribution in [2.24, 2.45) is 5.73 Å². The lowest BCUT2D eigenvalue weighted by molar-refractivity contribution is -0.117. The van der Waals surface area contributed by atoms with Gasteiger partial charge in [-0.1, -0.05) is 17.7 Å². The van der Waals surface area contributed by atoms with Crippen LogP contribution in [0.5, 0.6) is 0 Å². The summed E-state index contributed by atoms with van der Waals surface area (Å²) in [5.41, 5.74) is 6.40. The number of benzene rings is 1. The molecular formula is C13H18ClNO2. The molecule has 3 N–H and O–H groups in total. The summed E-state index contributed by atoms with van der Waals surface area (Å²) in [7, 11) is 0. The molecule has 0 aliphatic rings. The molecule has 0 heterocycles. The highest BCUT2D eigenvalue weighted by molar-refractivity contribution is 6.30. The summed E-state index contributed by atoms with van der Waals surface area (Å²) in [6.45, 7) is 4.86. The molecule has 0 unspecified atom stereocenters. The zero-order valence-electron chi connectivity index (χ0n) is 10.3. The average molecular weight is 256 g/mol. The lowest BCUT2D eigenvalue weighted by Gasteiger charge is -2.20. The van der Waals surface area contributed by atoms with E-state index in [1.54, 1.807) is 32.0 Å². The van der Waals surface area contributed by atoms with Crippen molar-refractivity contribution in [3.63, 3.8) is 0 Å². The predicted molar refractivity (Wildman–Crippen MR) is 68.9 cm³/mol. The van der Waals surface area contributed by atoms with Crippen LogP contribution >= 0.6 is 11.6 Å². The normalized spacial score (nSPS) is 13.5. The summed E-state index contributed by atoms with van der Waals surface area (Å²) in [6.07, 6.45) is 0.269. The van der Waals surface area contributed by atoms with E-state index in [9.17, 15) is 9.90 Å². The minimum Gasteiger partial charge on any atom is -0.386 e. The van der Waals surface area contributed by atoms with Gasteiger partial charge >= 0.3 is 0 Å². The Kier molecular flexibility index (Phi) is 4.31. The van der Waals surface area contributed by atoms with Gasteiger partial charge in [0, 0.05) is 17.5 Å². The fourth-order valence-corrected chi connectivity index (χ4v) is 1.85. The third-order valence-electron chi connectivity index (χ3n) is 2.56. The van der Waals surface area contributed by atoms with Crippen LogP contribution in [0.4, 0.5) is 0 Å². The van der Waals surface area contributed by atoms with E-state index in [1.807, 2.05) is 0 Å². The van der Waals surface area contributed by atoms with Crippen LogP contribution in [0.2, 0.25) is 5.02 Å². The molecule has 0 amide bonds. The minimum absolute atomic E-state index is 0.0299. The van der Waals surface area contributed by atoms with E-state index in [0.717, 1.165) is 5.56 Å². The molecule has 0 aromatic heterocycles. The maximum Gasteiger partial charge on any atom is 0.131 e. The van der Waals surface area contributed by atoms with Crippen molar-refractivity contribution in [3.8, 4) is 0 Å². The Hall–Kier alpha value is -0.900. The fraction of sp³-hybridized carbons (Fsp3) is 0.462. The van der Waals surface area contributed by atoms with Crippen molar-refractivity contribution >= 4 is 17.4 Å². The van der Waals surface area contributed by atoms with Crippen LogP contribution in [0.3, 0.4) is 0 Å². The lowest BCUT2D eigenvalue weighted by atomic mass is 9.93. The summed E-state index contributed by atoms with van der Waals surface area (Å²) in [5, 5.41) is 10.4. The second kappa shape index (κ2) is 5.17. The van der Waals surface area contributed by atoms with Gasteiger partial charge in [0.15, 0.2) is 0 Å². The number of halogens is 1. The molecule has 17 heavy (non-hydrogen) atoms. The SMILES string of the molecule is CC(=O)C[C@H](N)c1cc(Cl)cc(C(C)(C)O)c1. The van der Waals surface area contributed by atoms with Crippen molar-refractivity contribution in [2.45, 2.75) is 38.8 Å². The second-order valence-electron chi connectivity index (χ2n) is 4.84. The minimum atomic E-state index is -0.977. The number of aliphatic hydroxyl groups is 1. The van der Waals surface area contributed by atoms with Gasteiger partial charge in [0.2, 0.25) is 0 Å². The zero-order chi connectivity index (χ0) is 13.2. The summed E-state index contributed by atoms with van der Waals surface area (Å²) >= 11 is 5.99. The van der Waals surface area contributed by atoms with Crippen molar-refractivity contribution in [3.05, 3.63) is 34.3 Å². The third kappa shape index (κ3) is 4.11. The van der Waals surface area contributed by atoms with E-state index < -0.39 is 5.60 Å². The van der Waals surface area contributed by atoms with Crippen LogP contribution in [-0.2, 0) is 10.4 Å². The number of ketones is 1. The standard InChI is InChI=1S/C13H18ClNO2/c1-8(16)4-12(15)9-5-10(13(2,3)17)7-11(14)6-9/h5-7,12,17H,4,15H2,1-3H3/t12-/m0/s1. The Bertz CT molecular complexity index is 424. The second-order valence-corrected chi connectivity index (χ2v) is 5.28. The van der Waals surface area contributed by atoms with Crippen molar-refractivity contribution < 1.29 is 9.90 Å². The molecule has 0 saturated carbocycles. The van der Waals surface area contributed by atoms with E-state index in [4.69, 9.17) is 17.3 Å². The topological polar surface area (TPSA) is 63.3 Å². The highest BCUT2D eigenvalue weighted by atomic mass is 35.5. The molecule has 1 atom stereocenters. The monoisotopic (exact) mass is 255 g/mol. The first-order chi connectivity index (χ1) is 7.70. The van der Waals surface area contributed by atoms with Crippen molar-refractivity contribution in [2.75, 3.05) is 0 Å². The number of rotatable bonds is 4. The van der Waals surface area contributed by atoms with Crippen LogP contribution in [0.1, 0.15) is 44.4 Å². The Balaban J connectivity index is 3.09. The summed E-state index contributed by atoms with van der Waals surface area (Å²) in [5.74, 6) is 0.0299. The van der Waals surface area contributed by atoms with E-state index in [0.29, 0.717) is 10.6 Å². The van der Waals surface area contributed by atoms with Gasteiger partial charge in [-0.25, -0.2) is 0 Å². The van der Waals surface area contributed by atoms with Crippen LogP contribution in [0.25, 0.3) is 0 Å². The number of carbonyl (C=O) groups is 1. The molecule has 0 aliphatic carbocycles. The maximum absolute atomic E-state index is 11.0. The molecule has 1 aromatic carbocycles. The summed E-state index contributed by atoms with van der Waals surface area (Å²) in [6, 6.07) is 4.84. The Morgan fingerprint density at radius 3 is 2.53 bits per heavy atom. The van der Waals surface area contributed by atoms with Gasteiger partial charge in [-0.05, 0) is 44.0 Å². The van der Waals surface area contributed by atoms with E-state index in [-0.39, 0.29) is 18.2 Å². The molecular weight excluding hydrogens is 238 g/mol. The number of Topliss-reactive ketones (excluding diaryl/α,β-unsaturated/α-hetero) is 1. The van der Waals surface area contributed by atoms with E-state index >= 15 is 0 Å². The predicted octanol–water partition coefficient (Wildman–Crippen LogP) is 2.55. The Morgan fingerprint density at radius 1 is 1.47 bits per heavy atom. The average Bonchev–Trinajstić information content (AvgIpc) is 2.14. The van der Waals surface area contributed by atoms with Gasteiger partial charge in [0.05, 0.1) is 5.60 Å². The van der Waals surface area contributed by atoms with Crippen LogP contribution in [0, 0.1) is 0 Å². The van der Waals surface area contributed by atoms with E-state index in [1.165, 1.54) is 6.92 Å². The molecule has 0 aliphatic heterocycles. The molecule has 0 saturated heterocycles. The van der Waals surface area contributed by atoms with Crippen LogP contribution < -0.4 is 5.73 Å². The first-order valence-corrected chi connectivity index (χ1v) is 5.86. The van der Waals surface area contributed by atoms with Crippen molar-refractivity contribution in [1.29, 1.82) is 0 Å². The Morgan fingerprint density at radius 2 is 2.06 bits per heavy atom. The highest BCUT2D eigenvalue weighted by Crippen LogP contribution is 2.27. The lowest BCUT2D eigenvalue weighted by Crippen LogP contribution is -2.18. The summed E-state index contributed by atoms with van der Waals surface area (Å²) in [4.78, 5) is 11.0. The smallest absolute Gasteiger partial charge is 0.131 e. The quantitative estimate of drug-likeness (QED) is 0.869. The molecule has 0 spiro atoms. The molecule has 3 nitrogen and oxygen atoms in total. The molecule has 94 valence electrons. The molecule has 1 rings (SSSR count). The first-order valence-electron chi connectivity index (χ1n) is 5.48. The van der Waals surface area contributed by atoms with Gasteiger partial charge in [0.25, 0.3) is 0 Å². The van der Waals surface area contributed by atoms with Crippen LogP contribution in [-0.4, -0.2) is 10.9 Å². The molecule has 1 aromatic rings. The highest BCUT2D eigenvalue weighted by Gasteiger charge is 2.19. The molecule has 4 heteroatoms. The maximum atomic E-state index is 11.0. The molecule has 0 fully saturated rings. The molecule has 0 bridgehead atoms. The van der Waals surface area contributed by atoms with Gasteiger partial charge in [-0.2, -0.15) is 0 Å². The fourth-order valence-electron chi connectivity index (χ4n) is 1.61. The first kappa shape index (κ1) is 14.2. The number of hydrogen-bond donors (Lipinski definition) is 2. The number of nitrogens with two attached hydrogens (primary N) is 1. The van der Waals surface area contributed by atoms with Crippen molar-refractivity contribution in [1.82, 2.24) is 0 Å². The van der Waals surface area contributed by atoms with E-state index in [2.05, 4.69) is 0 Å². The van der Waals surface area contributed by atoms with Gasteiger partial charge < -0.3 is 10.8 Å². The van der Waals surface area contributed by atoms with Gasteiger partial charge in [-0.3, -0.25) is 4.79 Å². The third-order valence-corrected chi connectivity index (χ3v) is 2.78. The summed E-state index contributed by atoms with van der Waals surface area (Å²) < 4.78 is 0. The molecule has 0 radical (unpaired) electrons. The largest absolute Gasteiger partial charge is 0.386 e. The van der Waals surface area contributed by atoms with Gasteiger partial charge in [0.1, 0.15) is 5.78 Å². The Labute approximate surface area is 107 Å². The van der Waals surface area contributed by atoms with Crippen LogP contribution in [0.15, 0.2) is 18.2 Å². The zero-order valence-corrected chi connectivity index (χ0v) is 11.1.